The monoisotopic (exact) mass is 365 g/mol. The van der Waals surface area contributed by atoms with Crippen molar-refractivity contribution in [3.8, 4) is 0 Å². The highest BCUT2D eigenvalue weighted by atomic mass is 32.2. The Kier molecular flexibility index (Phi) is 8.41. The Morgan fingerprint density at radius 1 is 0.960 bits per heavy atom. The van der Waals surface area contributed by atoms with E-state index in [1.165, 1.54) is 70.6 Å². The number of fused-ring (bicyclic) bond motifs is 1. The molecule has 2 atom stereocenters. The van der Waals surface area contributed by atoms with Gasteiger partial charge in [0.2, 0.25) is 0 Å². The largest absolute Gasteiger partial charge is 0.256 e. The molecule has 4 heteroatoms. The maximum absolute atomic E-state index is 12.7. The molecule has 0 bridgehead atoms. The quantitative estimate of drug-likeness (QED) is 0.377. The van der Waals surface area contributed by atoms with E-state index in [2.05, 4.69) is 18.8 Å². The summed E-state index contributed by atoms with van der Waals surface area (Å²) in [6, 6.07) is 0. The lowest BCUT2D eigenvalue weighted by atomic mass is 9.90. The van der Waals surface area contributed by atoms with Gasteiger partial charge < -0.3 is 0 Å². The molecule has 2 aliphatic rings. The van der Waals surface area contributed by atoms with Crippen molar-refractivity contribution in [2.75, 3.05) is 0 Å². The highest BCUT2D eigenvalue weighted by Crippen LogP contribution is 2.38. The Morgan fingerprint density at radius 2 is 1.56 bits per heavy atom. The average Bonchev–Trinajstić information content (AvgIpc) is 3.14. The van der Waals surface area contributed by atoms with E-state index >= 15 is 0 Å². The number of hydrogen-bond donors (Lipinski definition) is 0. The van der Waals surface area contributed by atoms with Gasteiger partial charge in [0.25, 0.3) is 0 Å². The summed E-state index contributed by atoms with van der Waals surface area (Å²) in [7, 11) is -3.19. The average molecular weight is 366 g/mol. The lowest BCUT2D eigenvalue weighted by Gasteiger charge is -2.20. The molecule has 0 aromatic rings. The van der Waals surface area contributed by atoms with Crippen molar-refractivity contribution in [2.45, 2.75) is 96.1 Å². The van der Waals surface area contributed by atoms with Crippen LogP contribution < -0.4 is 0 Å². The van der Waals surface area contributed by atoms with Crippen molar-refractivity contribution >= 4 is 16.1 Å². The van der Waals surface area contributed by atoms with Crippen molar-refractivity contribution < 1.29 is 8.42 Å². The first kappa shape index (κ1) is 20.4. The molecule has 2 rings (SSSR count). The van der Waals surface area contributed by atoms with E-state index in [4.69, 9.17) is 0 Å². The second-order valence-electron chi connectivity index (χ2n) is 7.60. The number of sulfone groups is 1. The zero-order chi connectivity index (χ0) is 18.1. The maximum atomic E-state index is 12.7. The number of unbranched alkanes of at least 4 members (excludes halogenated alkanes) is 7. The molecule has 0 spiro atoms. The van der Waals surface area contributed by atoms with Crippen LogP contribution in [-0.2, 0) is 9.84 Å². The summed E-state index contributed by atoms with van der Waals surface area (Å²) in [6.45, 7) is 4.47. The molecule has 0 aliphatic carbocycles. The first-order valence-corrected chi connectivity index (χ1v) is 11.8. The lowest BCUT2D eigenvalue weighted by molar-refractivity contribution is 0.384. The molecule has 2 unspecified atom stereocenters. The summed E-state index contributed by atoms with van der Waals surface area (Å²) in [5.41, 5.74) is 0.678. The van der Waals surface area contributed by atoms with Crippen LogP contribution >= 0.6 is 0 Å². The first-order valence-electron chi connectivity index (χ1n) is 10.3. The van der Waals surface area contributed by atoms with E-state index in [0.29, 0.717) is 16.5 Å². The van der Waals surface area contributed by atoms with Crippen molar-refractivity contribution in [3.05, 3.63) is 22.8 Å². The third-order valence-corrected chi connectivity index (χ3v) is 7.57. The van der Waals surface area contributed by atoms with Gasteiger partial charge in [-0.05, 0) is 24.5 Å². The minimum absolute atomic E-state index is 0.349. The van der Waals surface area contributed by atoms with Crippen molar-refractivity contribution in [1.29, 1.82) is 0 Å². The van der Waals surface area contributed by atoms with Crippen molar-refractivity contribution in [2.24, 2.45) is 10.9 Å². The van der Waals surface area contributed by atoms with E-state index in [1.54, 1.807) is 12.3 Å². The van der Waals surface area contributed by atoms with Gasteiger partial charge in [-0.3, -0.25) is 4.99 Å². The van der Waals surface area contributed by atoms with Gasteiger partial charge >= 0.3 is 0 Å². The summed E-state index contributed by atoms with van der Waals surface area (Å²) in [6.07, 6.45) is 19.7. The van der Waals surface area contributed by atoms with E-state index in [1.807, 2.05) is 6.08 Å². The molecule has 2 aliphatic heterocycles. The van der Waals surface area contributed by atoms with Gasteiger partial charge in [0.1, 0.15) is 0 Å². The van der Waals surface area contributed by atoms with Crippen molar-refractivity contribution in [1.82, 2.24) is 0 Å². The predicted octanol–water partition coefficient (Wildman–Crippen LogP) is 5.97. The van der Waals surface area contributed by atoms with Gasteiger partial charge in [0.15, 0.2) is 9.84 Å². The third-order valence-electron chi connectivity index (χ3n) is 5.49. The molecule has 25 heavy (non-hydrogen) atoms. The standard InChI is InChI=1S/C21H35NO2S/c1-3-5-7-9-11-13-18(12-10-8-6-4-2)16-19-17-20-21(14-15-22-20)25(19,23)24/h14-15,17-19H,3-13,16H2,1-2H3. The van der Waals surface area contributed by atoms with E-state index in [0.717, 1.165) is 6.42 Å². The van der Waals surface area contributed by atoms with Crippen LogP contribution in [0, 0.1) is 5.92 Å². The number of allylic oxidation sites excluding steroid dienone is 1. The summed E-state index contributed by atoms with van der Waals surface area (Å²) < 4.78 is 25.4. The maximum Gasteiger partial charge on any atom is 0.187 e. The van der Waals surface area contributed by atoms with Gasteiger partial charge in [0.05, 0.1) is 15.9 Å². The molecule has 0 fully saturated rings. The zero-order valence-electron chi connectivity index (χ0n) is 16.0. The molecule has 0 saturated carbocycles. The molecular weight excluding hydrogens is 330 g/mol. The first-order chi connectivity index (χ1) is 12.1. The van der Waals surface area contributed by atoms with Gasteiger partial charge in [-0.2, -0.15) is 0 Å². The number of hydrogen-bond acceptors (Lipinski definition) is 3. The molecule has 0 aromatic heterocycles. The second-order valence-corrected chi connectivity index (χ2v) is 9.73. The third kappa shape index (κ3) is 5.80. The lowest BCUT2D eigenvalue weighted by Crippen LogP contribution is -2.20. The van der Waals surface area contributed by atoms with Crippen LogP contribution in [0.1, 0.15) is 90.9 Å². The van der Waals surface area contributed by atoms with Crippen LogP contribution in [0.3, 0.4) is 0 Å². The Hall–Kier alpha value is -0.900. The number of rotatable bonds is 13. The SMILES string of the molecule is CCCCCCCC(CCCCCC)CC1C=C2N=CC=C2S1(=O)=O. The Balaban J connectivity index is 1.89. The zero-order valence-corrected chi connectivity index (χ0v) is 16.9. The molecule has 0 amide bonds. The minimum atomic E-state index is -3.19. The van der Waals surface area contributed by atoms with Gasteiger partial charge in [0, 0.05) is 6.21 Å². The highest BCUT2D eigenvalue weighted by molar-refractivity contribution is 7.96. The fourth-order valence-electron chi connectivity index (χ4n) is 3.93. The van der Waals surface area contributed by atoms with E-state index < -0.39 is 9.84 Å². The predicted molar refractivity (Wildman–Crippen MR) is 108 cm³/mol. The van der Waals surface area contributed by atoms with Crippen LogP contribution in [0.2, 0.25) is 0 Å². The molecule has 3 nitrogen and oxygen atoms in total. The Morgan fingerprint density at radius 3 is 2.16 bits per heavy atom. The molecule has 0 saturated heterocycles. The van der Waals surface area contributed by atoms with Crippen molar-refractivity contribution in [3.63, 3.8) is 0 Å². The van der Waals surface area contributed by atoms with Crippen LogP contribution in [0.4, 0.5) is 0 Å². The highest BCUT2D eigenvalue weighted by Gasteiger charge is 2.38. The van der Waals surface area contributed by atoms with Gasteiger partial charge in [-0.15, -0.1) is 0 Å². The Bertz CT molecular complexity index is 601. The van der Waals surface area contributed by atoms with Crippen LogP contribution in [0.15, 0.2) is 27.7 Å². The molecule has 0 N–H and O–H groups in total. The second kappa shape index (κ2) is 10.3. The summed E-state index contributed by atoms with van der Waals surface area (Å²) >= 11 is 0. The normalized spacial score (nSPS) is 21.9. The van der Waals surface area contributed by atoms with Crippen LogP contribution in [-0.4, -0.2) is 19.9 Å². The fourth-order valence-corrected chi connectivity index (χ4v) is 5.75. The smallest absolute Gasteiger partial charge is 0.187 e. The topological polar surface area (TPSA) is 46.5 Å². The molecule has 0 radical (unpaired) electrons. The van der Waals surface area contributed by atoms with E-state index in [-0.39, 0.29) is 5.25 Å². The number of nitrogens with zero attached hydrogens (tertiary/aromatic N) is 1. The summed E-state index contributed by atoms with van der Waals surface area (Å²) in [4.78, 5) is 4.65. The summed E-state index contributed by atoms with van der Waals surface area (Å²) in [5, 5.41) is -0.349. The molecule has 2 heterocycles. The van der Waals surface area contributed by atoms with Crippen LogP contribution in [0.5, 0.6) is 0 Å². The number of aliphatic imine (C=N–C) groups is 1. The van der Waals surface area contributed by atoms with Gasteiger partial charge in [-0.1, -0.05) is 84.5 Å². The Labute approximate surface area is 154 Å². The molecule has 142 valence electrons. The molecule has 0 aromatic carbocycles. The van der Waals surface area contributed by atoms with Crippen LogP contribution in [0.25, 0.3) is 0 Å². The summed E-state index contributed by atoms with van der Waals surface area (Å²) in [5.74, 6) is 0.526. The minimum Gasteiger partial charge on any atom is -0.256 e. The van der Waals surface area contributed by atoms with E-state index in [9.17, 15) is 8.42 Å². The molecular formula is C21H35NO2S. The van der Waals surface area contributed by atoms with Gasteiger partial charge in [-0.25, -0.2) is 8.42 Å². The fraction of sp³-hybridized carbons (Fsp3) is 0.762.